The van der Waals surface area contributed by atoms with Gasteiger partial charge in [0.25, 0.3) is 0 Å². The Kier molecular flexibility index (Phi) is 5.31. The van der Waals surface area contributed by atoms with E-state index in [1.54, 1.807) is 37.6 Å². The molecule has 5 rings (SSSR count). The molecule has 1 aliphatic carbocycles. The molecule has 6 nitrogen and oxygen atoms in total. The van der Waals surface area contributed by atoms with E-state index in [2.05, 4.69) is 0 Å². The molecule has 1 saturated heterocycles. The second-order valence-electron chi connectivity index (χ2n) is 8.38. The number of hydrogen-bond acceptors (Lipinski definition) is 4. The molecule has 9 heteroatoms. The van der Waals surface area contributed by atoms with Crippen molar-refractivity contribution in [3.05, 3.63) is 81.0 Å². The maximum absolute atomic E-state index is 14.6. The van der Waals surface area contributed by atoms with Crippen LogP contribution in [0.15, 0.2) is 47.5 Å². The number of halogens is 3. The Hall–Kier alpha value is -2.68. The monoisotopic (exact) mass is 461 g/mol. The largest absolute Gasteiger partial charge is 0.482 e. The first-order valence-corrected chi connectivity index (χ1v) is 10.8. The van der Waals surface area contributed by atoms with Gasteiger partial charge in [-0.25, -0.2) is 13.6 Å². The van der Waals surface area contributed by atoms with Crippen molar-refractivity contribution in [1.29, 1.82) is 0 Å². The van der Waals surface area contributed by atoms with E-state index in [0.717, 1.165) is 6.07 Å². The summed E-state index contributed by atoms with van der Waals surface area (Å²) in [5.41, 5.74) is 1.19. The van der Waals surface area contributed by atoms with Crippen LogP contribution in [0.25, 0.3) is 5.69 Å². The van der Waals surface area contributed by atoms with Gasteiger partial charge in [-0.05, 0) is 36.6 Å². The lowest BCUT2D eigenvalue weighted by atomic mass is 10.1. The fourth-order valence-corrected chi connectivity index (χ4v) is 4.84. The zero-order valence-corrected chi connectivity index (χ0v) is 18.1. The van der Waals surface area contributed by atoms with Gasteiger partial charge >= 0.3 is 5.69 Å². The number of imidazole rings is 1. The molecule has 1 fully saturated rings. The van der Waals surface area contributed by atoms with E-state index in [1.807, 2.05) is 4.90 Å². The van der Waals surface area contributed by atoms with E-state index in [9.17, 15) is 18.7 Å². The Morgan fingerprint density at radius 1 is 1.19 bits per heavy atom. The smallest absolute Gasteiger partial charge is 0.332 e. The molecule has 168 valence electrons. The van der Waals surface area contributed by atoms with Gasteiger partial charge < -0.3 is 14.4 Å². The maximum Gasteiger partial charge on any atom is 0.332 e. The molecule has 0 saturated carbocycles. The molecule has 0 amide bonds. The molecule has 32 heavy (non-hydrogen) atoms. The number of likely N-dealkylation sites (tertiary alicyclic amines) is 1. The molecule has 1 aromatic heterocycles. The second-order valence-corrected chi connectivity index (χ2v) is 8.79. The lowest BCUT2D eigenvalue weighted by Crippen LogP contribution is -2.39. The predicted octanol–water partition coefficient (Wildman–Crippen LogP) is 3.22. The number of aliphatic hydroxyl groups excluding tert-OH is 1. The van der Waals surface area contributed by atoms with Gasteiger partial charge in [0.2, 0.25) is 0 Å². The quantitative estimate of drug-likeness (QED) is 0.648. The zero-order valence-electron chi connectivity index (χ0n) is 17.3. The van der Waals surface area contributed by atoms with Gasteiger partial charge in [0.1, 0.15) is 23.5 Å². The third-order valence-electron chi connectivity index (χ3n) is 6.32. The van der Waals surface area contributed by atoms with E-state index in [0.29, 0.717) is 53.5 Å². The summed E-state index contributed by atoms with van der Waals surface area (Å²) in [5, 5.41) is 10.3. The van der Waals surface area contributed by atoms with Crippen molar-refractivity contribution in [1.82, 2.24) is 14.0 Å². The molecule has 3 atom stereocenters. The average molecular weight is 462 g/mol. The highest BCUT2D eigenvalue weighted by molar-refractivity contribution is 6.32. The average Bonchev–Trinajstić information content (AvgIpc) is 3.42. The predicted molar refractivity (Wildman–Crippen MR) is 115 cm³/mol. The standard InChI is InChI=1S/C23H22ClF2N3O3/c1-27-6-7-29(23(27)31)14-2-3-18(24)21(10-14)32-22-17-8-13(25)9-19(26)16(17)11-20(22)28-5-4-15(30)12-28/h2-3,6-10,15,20,22,30H,4-5,11-12H2,1H3/t15-,20+,22+/m1/s1. The minimum absolute atomic E-state index is 0.224. The molecule has 0 unspecified atom stereocenters. The molecule has 3 aromatic rings. The zero-order chi connectivity index (χ0) is 22.6. The van der Waals surface area contributed by atoms with E-state index in [1.165, 1.54) is 15.2 Å². The van der Waals surface area contributed by atoms with Crippen LogP contribution in [0.1, 0.15) is 23.7 Å². The summed E-state index contributed by atoms with van der Waals surface area (Å²) in [6.45, 7) is 1.08. The van der Waals surface area contributed by atoms with Crippen LogP contribution < -0.4 is 10.4 Å². The number of aryl methyl sites for hydroxylation is 1. The van der Waals surface area contributed by atoms with E-state index in [4.69, 9.17) is 16.3 Å². The summed E-state index contributed by atoms with van der Waals surface area (Å²) in [7, 11) is 1.65. The number of benzene rings is 2. The highest BCUT2D eigenvalue weighted by Gasteiger charge is 2.42. The van der Waals surface area contributed by atoms with Crippen LogP contribution in [0.4, 0.5) is 8.78 Å². The number of aliphatic hydroxyl groups is 1. The normalized spacial score (nSPS) is 23.0. The maximum atomic E-state index is 14.6. The molecule has 0 radical (unpaired) electrons. The third kappa shape index (κ3) is 3.62. The summed E-state index contributed by atoms with van der Waals surface area (Å²) < 4.78 is 37.9. The molecule has 0 bridgehead atoms. The molecule has 2 aromatic carbocycles. The first-order valence-electron chi connectivity index (χ1n) is 10.4. The molecule has 1 aliphatic heterocycles. The van der Waals surface area contributed by atoms with Crippen LogP contribution in [0.2, 0.25) is 5.02 Å². The van der Waals surface area contributed by atoms with Gasteiger partial charge in [-0.2, -0.15) is 0 Å². The van der Waals surface area contributed by atoms with Gasteiger partial charge in [0, 0.05) is 50.2 Å². The van der Waals surface area contributed by atoms with Crippen molar-refractivity contribution in [3.63, 3.8) is 0 Å². The van der Waals surface area contributed by atoms with Gasteiger partial charge in [-0.1, -0.05) is 11.6 Å². The Bertz CT molecular complexity index is 1240. The number of nitrogens with zero attached hydrogens (tertiary/aromatic N) is 3. The summed E-state index contributed by atoms with van der Waals surface area (Å²) in [4.78, 5) is 14.4. The molecular formula is C23H22ClF2N3O3. The number of aromatic nitrogens is 2. The van der Waals surface area contributed by atoms with Gasteiger partial charge in [-0.3, -0.25) is 9.47 Å². The molecule has 2 heterocycles. The van der Waals surface area contributed by atoms with Crippen LogP contribution in [-0.2, 0) is 13.5 Å². The Morgan fingerprint density at radius 3 is 2.69 bits per heavy atom. The fourth-order valence-electron chi connectivity index (χ4n) is 4.68. The Balaban J connectivity index is 1.54. The second kappa shape index (κ2) is 8.03. The summed E-state index contributed by atoms with van der Waals surface area (Å²) in [5.74, 6) is -0.966. The van der Waals surface area contributed by atoms with Crippen molar-refractivity contribution < 1.29 is 18.6 Å². The minimum atomic E-state index is -0.680. The van der Waals surface area contributed by atoms with Crippen LogP contribution in [0.5, 0.6) is 5.75 Å². The summed E-state index contributed by atoms with van der Waals surface area (Å²) in [6, 6.07) is 6.88. The lowest BCUT2D eigenvalue weighted by Gasteiger charge is -2.30. The first-order chi connectivity index (χ1) is 15.3. The van der Waals surface area contributed by atoms with Crippen molar-refractivity contribution >= 4 is 11.6 Å². The number of hydrogen-bond donors (Lipinski definition) is 1. The lowest BCUT2D eigenvalue weighted by molar-refractivity contribution is 0.0817. The van der Waals surface area contributed by atoms with Crippen molar-refractivity contribution in [2.24, 2.45) is 7.05 Å². The van der Waals surface area contributed by atoms with Crippen molar-refractivity contribution in [3.8, 4) is 11.4 Å². The number of rotatable bonds is 4. The van der Waals surface area contributed by atoms with Gasteiger partial charge in [-0.15, -0.1) is 0 Å². The highest BCUT2D eigenvalue weighted by Crippen LogP contribution is 2.42. The van der Waals surface area contributed by atoms with Crippen LogP contribution in [-0.4, -0.2) is 44.4 Å². The SMILES string of the molecule is Cn1ccn(-c2ccc(Cl)c(O[C@H]3c4cc(F)cc(F)c4C[C@@H]3N3CC[C@@H](O)C3)c2)c1=O. The van der Waals surface area contributed by atoms with E-state index < -0.39 is 23.8 Å². The van der Waals surface area contributed by atoms with Crippen LogP contribution in [0.3, 0.4) is 0 Å². The van der Waals surface area contributed by atoms with Gasteiger partial charge in [0.05, 0.1) is 22.9 Å². The molecule has 0 spiro atoms. The van der Waals surface area contributed by atoms with Crippen molar-refractivity contribution in [2.45, 2.75) is 31.1 Å². The van der Waals surface area contributed by atoms with E-state index >= 15 is 0 Å². The highest BCUT2D eigenvalue weighted by atomic mass is 35.5. The Labute approximate surface area is 188 Å². The molecule has 1 N–H and O–H groups in total. The Morgan fingerprint density at radius 2 is 2.00 bits per heavy atom. The molecule has 2 aliphatic rings. The van der Waals surface area contributed by atoms with Gasteiger partial charge in [0.15, 0.2) is 0 Å². The molecular weight excluding hydrogens is 440 g/mol. The van der Waals surface area contributed by atoms with Crippen LogP contribution in [0, 0.1) is 11.6 Å². The number of ether oxygens (including phenoxy) is 1. The third-order valence-corrected chi connectivity index (χ3v) is 6.63. The topological polar surface area (TPSA) is 59.6 Å². The fraction of sp³-hybridized carbons (Fsp3) is 0.348. The van der Waals surface area contributed by atoms with Crippen molar-refractivity contribution in [2.75, 3.05) is 13.1 Å². The van der Waals surface area contributed by atoms with E-state index in [-0.39, 0.29) is 11.7 Å². The number of fused-ring (bicyclic) bond motifs is 1. The minimum Gasteiger partial charge on any atom is -0.482 e. The first kappa shape index (κ1) is 21.2. The number of β-amino-alcohol motifs (C(OH)–C–C–N with tert-alkyl or cyclic N) is 1. The summed E-state index contributed by atoms with van der Waals surface area (Å²) >= 11 is 6.41. The van der Waals surface area contributed by atoms with Crippen LogP contribution >= 0.6 is 11.6 Å². The summed E-state index contributed by atoms with van der Waals surface area (Å²) in [6.07, 6.45) is 3.10.